The van der Waals surface area contributed by atoms with Crippen molar-refractivity contribution in [3.63, 3.8) is 0 Å². The zero-order valence-corrected chi connectivity index (χ0v) is 19.5. The van der Waals surface area contributed by atoms with E-state index in [1.54, 1.807) is 6.92 Å². The fourth-order valence-corrected chi connectivity index (χ4v) is 4.92. The maximum atomic E-state index is 8.79. The fourth-order valence-electron chi connectivity index (χ4n) is 4.92. The maximum absolute atomic E-state index is 8.79. The third-order valence-corrected chi connectivity index (χ3v) is 6.85. The van der Waals surface area contributed by atoms with Gasteiger partial charge in [-0.3, -0.25) is 0 Å². The van der Waals surface area contributed by atoms with Gasteiger partial charge in [0.15, 0.2) is 0 Å². The van der Waals surface area contributed by atoms with E-state index >= 15 is 0 Å². The molecule has 4 N–H and O–H groups in total. The van der Waals surface area contributed by atoms with Gasteiger partial charge in [0.05, 0.1) is 17.7 Å². The van der Waals surface area contributed by atoms with Gasteiger partial charge in [-0.15, -0.1) is 0 Å². The van der Waals surface area contributed by atoms with Crippen molar-refractivity contribution in [2.24, 2.45) is 5.73 Å². The largest absolute Gasteiger partial charge is 0.372 e. The van der Waals surface area contributed by atoms with Crippen LogP contribution in [0.25, 0.3) is 10.9 Å². The average Bonchev–Trinajstić information content (AvgIpc) is 2.78. The van der Waals surface area contributed by atoms with Crippen molar-refractivity contribution in [2.45, 2.75) is 83.5 Å². The first-order valence-electron chi connectivity index (χ1n) is 12.1. The Balaban J connectivity index is 1.63. The summed E-state index contributed by atoms with van der Waals surface area (Å²) >= 11 is 0. The highest BCUT2D eigenvalue weighted by molar-refractivity contribution is 6.06. The first-order valence-corrected chi connectivity index (χ1v) is 12.1. The van der Waals surface area contributed by atoms with Crippen LogP contribution in [0.15, 0.2) is 24.3 Å². The molecule has 172 valence electrons. The van der Waals surface area contributed by atoms with Gasteiger partial charge in [-0.1, -0.05) is 30.9 Å². The highest BCUT2D eigenvalue weighted by Crippen LogP contribution is 2.30. The number of aromatic nitrogens is 1. The lowest BCUT2D eigenvalue weighted by molar-refractivity contribution is -0.0431. The lowest BCUT2D eigenvalue weighted by Gasteiger charge is -2.40. The normalized spacial score (nSPS) is 22.3. The van der Waals surface area contributed by atoms with Gasteiger partial charge in [0.2, 0.25) is 0 Å². The Morgan fingerprint density at radius 1 is 1.12 bits per heavy atom. The van der Waals surface area contributed by atoms with E-state index in [2.05, 4.69) is 36.1 Å². The number of rotatable bonds is 7. The number of hydrogen-bond acceptors (Lipinski definition) is 6. The van der Waals surface area contributed by atoms with Gasteiger partial charge in [0.25, 0.3) is 0 Å². The number of nitrogens with zero attached hydrogens (tertiary/aromatic N) is 2. The second kappa shape index (κ2) is 10.1. The average molecular weight is 436 g/mol. The third kappa shape index (κ3) is 5.36. The molecule has 2 fully saturated rings. The van der Waals surface area contributed by atoms with Gasteiger partial charge in [0, 0.05) is 41.5 Å². The smallest absolute Gasteiger partial charge is 0.138 e. The highest BCUT2D eigenvalue weighted by atomic mass is 16.5. The minimum Gasteiger partial charge on any atom is -0.372 e. The standard InChI is InChI=1S/C26H37N5O/c1-17-8-11-24-19(14-17)15-21(22(28)10-9-18(2)27)26(30-24)31-13-12-23(29)25(16-31)32-20-6-4-3-5-7-20/h8,11,14-15,20,23,25,27-28H,3-7,9-10,12-13,16,29H2,1-2H3. The molecule has 0 amide bonds. The molecule has 0 spiro atoms. The molecule has 2 aliphatic rings. The molecule has 0 radical (unpaired) electrons. The van der Waals surface area contributed by atoms with Crippen molar-refractivity contribution in [3.8, 4) is 0 Å². The van der Waals surface area contributed by atoms with Crippen molar-refractivity contribution in [2.75, 3.05) is 18.0 Å². The summed E-state index contributed by atoms with van der Waals surface area (Å²) in [7, 11) is 0. The number of ether oxygens (including phenoxy) is 1. The zero-order chi connectivity index (χ0) is 22.7. The second-order valence-corrected chi connectivity index (χ2v) is 9.65. The summed E-state index contributed by atoms with van der Waals surface area (Å²) in [6.07, 6.45) is 8.39. The minimum absolute atomic E-state index is 0.00628. The van der Waals surface area contributed by atoms with Crippen LogP contribution in [-0.4, -0.2) is 47.7 Å². The Bertz CT molecular complexity index is 982. The van der Waals surface area contributed by atoms with Crippen molar-refractivity contribution in [1.82, 2.24) is 4.98 Å². The molecule has 0 bridgehead atoms. The molecule has 32 heavy (non-hydrogen) atoms. The van der Waals surface area contributed by atoms with Crippen molar-refractivity contribution < 1.29 is 4.74 Å². The van der Waals surface area contributed by atoms with E-state index in [-0.39, 0.29) is 12.1 Å². The van der Waals surface area contributed by atoms with E-state index in [0.717, 1.165) is 48.1 Å². The van der Waals surface area contributed by atoms with Crippen LogP contribution in [0, 0.1) is 17.7 Å². The quantitative estimate of drug-likeness (QED) is 0.534. The molecule has 1 aromatic heterocycles. The summed E-state index contributed by atoms with van der Waals surface area (Å²) in [4.78, 5) is 7.30. The van der Waals surface area contributed by atoms with Crippen molar-refractivity contribution >= 4 is 28.1 Å². The van der Waals surface area contributed by atoms with Crippen LogP contribution in [0.4, 0.5) is 5.82 Å². The Labute approximate surface area is 191 Å². The molecule has 6 heteroatoms. The monoisotopic (exact) mass is 435 g/mol. The van der Waals surface area contributed by atoms with E-state index in [1.165, 1.54) is 24.8 Å². The molecule has 1 aromatic carbocycles. The number of nitrogens with two attached hydrogens (primary N) is 1. The molecule has 1 saturated carbocycles. The van der Waals surface area contributed by atoms with E-state index in [4.69, 9.17) is 26.3 Å². The maximum Gasteiger partial charge on any atom is 0.138 e. The number of hydrogen-bond donors (Lipinski definition) is 3. The van der Waals surface area contributed by atoms with E-state index < -0.39 is 0 Å². The van der Waals surface area contributed by atoms with Crippen LogP contribution in [-0.2, 0) is 4.74 Å². The Morgan fingerprint density at radius 2 is 1.91 bits per heavy atom. The first-order chi connectivity index (χ1) is 15.4. The lowest BCUT2D eigenvalue weighted by atomic mass is 9.96. The van der Waals surface area contributed by atoms with Crippen LogP contribution in [0.2, 0.25) is 0 Å². The summed E-state index contributed by atoms with van der Waals surface area (Å²) < 4.78 is 6.50. The molecule has 2 heterocycles. The summed E-state index contributed by atoms with van der Waals surface area (Å²) in [6, 6.07) is 8.43. The predicted molar refractivity (Wildman–Crippen MR) is 132 cm³/mol. The predicted octanol–water partition coefficient (Wildman–Crippen LogP) is 4.99. The highest BCUT2D eigenvalue weighted by Gasteiger charge is 2.32. The Kier molecular flexibility index (Phi) is 7.21. The number of aryl methyl sites for hydroxylation is 1. The summed E-state index contributed by atoms with van der Waals surface area (Å²) in [5.41, 5.74) is 10.6. The molecule has 6 nitrogen and oxygen atoms in total. The second-order valence-electron chi connectivity index (χ2n) is 9.65. The van der Waals surface area contributed by atoms with Gasteiger partial charge in [0.1, 0.15) is 5.82 Å². The van der Waals surface area contributed by atoms with Crippen LogP contribution in [0.5, 0.6) is 0 Å². The first kappa shape index (κ1) is 22.9. The van der Waals surface area contributed by atoms with Gasteiger partial charge in [-0.2, -0.15) is 0 Å². The zero-order valence-electron chi connectivity index (χ0n) is 19.5. The number of benzene rings is 1. The molecule has 2 aromatic rings. The summed E-state index contributed by atoms with van der Waals surface area (Å²) in [6.45, 7) is 5.41. The van der Waals surface area contributed by atoms with Crippen LogP contribution < -0.4 is 10.6 Å². The van der Waals surface area contributed by atoms with E-state index in [0.29, 0.717) is 36.9 Å². The molecule has 1 aliphatic heterocycles. The van der Waals surface area contributed by atoms with Gasteiger partial charge < -0.3 is 26.2 Å². The SMILES string of the molecule is CC(=N)CCC(=N)c1cc2cc(C)ccc2nc1N1CCC(N)C(OC2CCCCC2)C1. The molecule has 2 atom stereocenters. The molecule has 1 aliphatic carbocycles. The number of piperidine rings is 1. The van der Waals surface area contributed by atoms with Gasteiger partial charge >= 0.3 is 0 Å². The summed E-state index contributed by atoms with van der Waals surface area (Å²) in [5.74, 6) is 0.859. The Hall–Kier alpha value is -2.31. The van der Waals surface area contributed by atoms with Gasteiger partial charge in [-0.25, -0.2) is 4.98 Å². The molecular weight excluding hydrogens is 398 g/mol. The fraction of sp³-hybridized carbons (Fsp3) is 0.577. The number of fused-ring (bicyclic) bond motifs is 1. The topological polar surface area (TPSA) is 99.1 Å². The molecule has 2 unspecified atom stereocenters. The number of nitrogens with one attached hydrogen (secondary N) is 2. The van der Waals surface area contributed by atoms with E-state index in [9.17, 15) is 0 Å². The number of anilines is 1. The van der Waals surface area contributed by atoms with E-state index in [1.807, 2.05) is 0 Å². The Morgan fingerprint density at radius 3 is 2.66 bits per heavy atom. The lowest BCUT2D eigenvalue weighted by Crippen LogP contribution is -2.53. The van der Waals surface area contributed by atoms with Crippen LogP contribution in [0.1, 0.15) is 69.4 Å². The minimum atomic E-state index is -0.00628. The molecule has 4 rings (SSSR count). The van der Waals surface area contributed by atoms with Crippen LogP contribution >= 0.6 is 0 Å². The van der Waals surface area contributed by atoms with Crippen molar-refractivity contribution in [1.29, 1.82) is 10.8 Å². The van der Waals surface area contributed by atoms with Gasteiger partial charge in [-0.05, 0) is 64.2 Å². The number of pyridine rings is 1. The molecular formula is C26H37N5O. The third-order valence-electron chi connectivity index (χ3n) is 6.85. The summed E-state index contributed by atoms with van der Waals surface area (Å²) in [5, 5.41) is 17.6. The molecule has 1 saturated heterocycles. The van der Waals surface area contributed by atoms with Crippen LogP contribution in [0.3, 0.4) is 0 Å². The van der Waals surface area contributed by atoms with Crippen molar-refractivity contribution in [3.05, 3.63) is 35.4 Å².